The Morgan fingerprint density at radius 3 is 2.22 bits per heavy atom. The predicted octanol–water partition coefficient (Wildman–Crippen LogP) is 3.03. The van der Waals surface area contributed by atoms with Gasteiger partial charge >= 0.3 is 0 Å². The molecule has 2 aliphatic rings. The number of sulfonamides is 1. The lowest BCUT2D eigenvalue weighted by Gasteiger charge is -2.25. The summed E-state index contributed by atoms with van der Waals surface area (Å²) in [6.45, 7) is 7.41. The molecular weight excluding hydrogens is 362 g/mol. The van der Waals surface area contributed by atoms with Crippen molar-refractivity contribution in [2.75, 3.05) is 40.7 Å². The molecule has 8 heteroatoms. The first-order valence-corrected chi connectivity index (χ1v) is 11.1. The molecule has 146 valence electrons. The molecule has 2 saturated heterocycles. The second kappa shape index (κ2) is 7.07. The standard InChI is InChI=1S/C19H27N5O2S/c1-14-19(15(2)21-20-14)27(25,26)22-17-13-16(23-9-3-4-10-23)7-8-18(17)24-11-5-6-12-24/h7-8,13,22H,3-6,9-12H2,1-2H3,(H,20,21). The van der Waals surface area contributed by atoms with Crippen molar-refractivity contribution in [3.05, 3.63) is 29.6 Å². The van der Waals surface area contributed by atoms with Gasteiger partial charge in [0.1, 0.15) is 4.90 Å². The largest absolute Gasteiger partial charge is 0.371 e. The third-order valence-electron chi connectivity index (χ3n) is 5.47. The molecule has 0 saturated carbocycles. The van der Waals surface area contributed by atoms with Gasteiger partial charge in [-0.15, -0.1) is 0 Å². The van der Waals surface area contributed by atoms with E-state index in [-0.39, 0.29) is 4.90 Å². The van der Waals surface area contributed by atoms with Crippen molar-refractivity contribution in [3.8, 4) is 0 Å². The number of rotatable bonds is 5. The third-order valence-corrected chi connectivity index (χ3v) is 7.10. The molecule has 0 radical (unpaired) electrons. The molecule has 1 aromatic carbocycles. The first-order chi connectivity index (χ1) is 13.0. The van der Waals surface area contributed by atoms with Gasteiger partial charge in [0, 0.05) is 31.9 Å². The van der Waals surface area contributed by atoms with Gasteiger partial charge in [-0.2, -0.15) is 5.10 Å². The maximum absolute atomic E-state index is 13.1. The van der Waals surface area contributed by atoms with E-state index >= 15 is 0 Å². The number of nitrogens with one attached hydrogen (secondary N) is 2. The second-order valence-electron chi connectivity index (χ2n) is 7.46. The first-order valence-electron chi connectivity index (χ1n) is 9.64. The van der Waals surface area contributed by atoms with Crippen LogP contribution in [0.4, 0.5) is 17.1 Å². The topological polar surface area (TPSA) is 81.3 Å². The number of H-pyrrole nitrogens is 1. The summed E-state index contributed by atoms with van der Waals surface area (Å²) in [6.07, 6.45) is 4.64. The van der Waals surface area contributed by atoms with Gasteiger partial charge in [-0.3, -0.25) is 9.82 Å². The second-order valence-corrected chi connectivity index (χ2v) is 9.08. The van der Waals surface area contributed by atoms with E-state index < -0.39 is 10.0 Å². The Balaban J connectivity index is 1.73. The third kappa shape index (κ3) is 3.50. The van der Waals surface area contributed by atoms with Crippen molar-refractivity contribution < 1.29 is 8.42 Å². The van der Waals surface area contributed by atoms with E-state index in [0.717, 1.165) is 50.4 Å². The summed E-state index contributed by atoms with van der Waals surface area (Å²) in [5.74, 6) is 0. The molecule has 4 rings (SSSR count). The lowest BCUT2D eigenvalue weighted by atomic mass is 10.2. The number of aryl methyl sites for hydroxylation is 2. The Morgan fingerprint density at radius 2 is 1.63 bits per heavy atom. The van der Waals surface area contributed by atoms with Gasteiger partial charge in [-0.05, 0) is 57.7 Å². The molecule has 0 atom stereocenters. The fourth-order valence-electron chi connectivity index (χ4n) is 4.14. The number of aromatic nitrogens is 2. The van der Waals surface area contributed by atoms with Gasteiger partial charge in [0.2, 0.25) is 0 Å². The van der Waals surface area contributed by atoms with Gasteiger partial charge in [0.15, 0.2) is 0 Å². The van der Waals surface area contributed by atoms with Crippen LogP contribution >= 0.6 is 0 Å². The summed E-state index contributed by atoms with van der Waals surface area (Å²) in [5, 5.41) is 6.81. The van der Waals surface area contributed by atoms with Crippen LogP contribution < -0.4 is 14.5 Å². The molecule has 2 fully saturated rings. The minimum Gasteiger partial charge on any atom is -0.371 e. The molecule has 2 N–H and O–H groups in total. The maximum Gasteiger partial charge on any atom is 0.265 e. The number of anilines is 3. The van der Waals surface area contributed by atoms with Crippen LogP contribution in [0.5, 0.6) is 0 Å². The molecule has 0 aliphatic carbocycles. The van der Waals surface area contributed by atoms with Crippen LogP contribution in [0.3, 0.4) is 0 Å². The van der Waals surface area contributed by atoms with Crippen LogP contribution in [0.25, 0.3) is 0 Å². The van der Waals surface area contributed by atoms with Crippen molar-refractivity contribution in [2.45, 2.75) is 44.4 Å². The Morgan fingerprint density at radius 1 is 1.00 bits per heavy atom. The average Bonchev–Trinajstić information content (AvgIpc) is 3.36. The van der Waals surface area contributed by atoms with E-state index in [9.17, 15) is 8.42 Å². The van der Waals surface area contributed by atoms with E-state index in [0.29, 0.717) is 17.1 Å². The first kappa shape index (κ1) is 18.2. The van der Waals surface area contributed by atoms with Crippen LogP contribution in [0.15, 0.2) is 23.1 Å². The fraction of sp³-hybridized carbons (Fsp3) is 0.526. The molecule has 2 aliphatic heterocycles. The van der Waals surface area contributed by atoms with Gasteiger partial charge in [-0.1, -0.05) is 0 Å². The molecule has 2 aromatic rings. The molecule has 0 amide bonds. The molecule has 0 unspecified atom stereocenters. The van der Waals surface area contributed by atoms with Gasteiger partial charge in [0.25, 0.3) is 10.0 Å². The van der Waals surface area contributed by atoms with Crippen LogP contribution in [0, 0.1) is 13.8 Å². The lowest BCUT2D eigenvalue weighted by Crippen LogP contribution is -2.23. The monoisotopic (exact) mass is 389 g/mol. The maximum atomic E-state index is 13.1. The highest BCUT2D eigenvalue weighted by atomic mass is 32.2. The molecule has 1 aromatic heterocycles. The molecule has 0 spiro atoms. The summed E-state index contributed by atoms with van der Waals surface area (Å²) in [5.41, 5.74) is 3.73. The quantitative estimate of drug-likeness (QED) is 0.821. The highest BCUT2D eigenvalue weighted by Gasteiger charge is 2.26. The van der Waals surface area contributed by atoms with E-state index in [4.69, 9.17) is 0 Å². The summed E-state index contributed by atoms with van der Waals surface area (Å²) >= 11 is 0. The normalized spacial score (nSPS) is 17.7. The van der Waals surface area contributed by atoms with Crippen LogP contribution in [-0.4, -0.2) is 44.8 Å². The summed E-state index contributed by atoms with van der Waals surface area (Å²) in [7, 11) is -3.71. The SMILES string of the molecule is Cc1n[nH]c(C)c1S(=O)(=O)Nc1cc(N2CCCC2)ccc1N1CCCC1. The summed E-state index contributed by atoms with van der Waals surface area (Å²) in [6, 6.07) is 6.16. The zero-order valence-corrected chi connectivity index (χ0v) is 16.8. The van der Waals surface area contributed by atoms with Gasteiger partial charge in [-0.25, -0.2) is 8.42 Å². The van der Waals surface area contributed by atoms with Crippen molar-refractivity contribution in [3.63, 3.8) is 0 Å². The zero-order valence-electron chi connectivity index (χ0n) is 16.0. The van der Waals surface area contributed by atoms with E-state index in [1.807, 2.05) is 6.07 Å². The fourth-order valence-corrected chi connectivity index (χ4v) is 5.58. The smallest absolute Gasteiger partial charge is 0.265 e. The Labute approximate surface area is 160 Å². The lowest BCUT2D eigenvalue weighted by molar-refractivity contribution is 0.600. The van der Waals surface area contributed by atoms with Gasteiger partial charge < -0.3 is 9.80 Å². The minimum atomic E-state index is -3.71. The zero-order chi connectivity index (χ0) is 19.0. The predicted molar refractivity (Wildman–Crippen MR) is 108 cm³/mol. The summed E-state index contributed by atoms with van der Waals surface area (Å²) < 4.78 is 29.1. The number of aromatic amines is 1. The number of hydrogen-bond donors (Lipinski definition) is 2. The molecule has 0 bridgehead atoms. The summed E-state index contributed by atoms with van der Waals surface area (Å²) in [4.78, 5) is 4.82. The molecular formula is C19H27N5O2S. The average molecular weight is 390 g/mol. The highest BCUT2D eigenvalue weighted by Crippen LogP contribution is 2.35. The van der Waals surface area contributed by atoms with Gasteiger partial charge in [0.05, 0.1) is 22.8 Å². The number of nitrogens with zero attached hydrogens (tertiary/aromatic N) is 3. The Kier molecular flexibility index (Phi) is 4.75. The van der Waals surface area contributed by atoms with Crippen molar-refractivity contribution >= 4 is 27.1 Å². The molecule has 7 nitrogen and oxygen atoms in total. The number of hydrogen-bond acceptors (Lipinski definition) is 5. The van der Waals surface area contributed by atoms with E-state index in [2.05, 4.69) is 36.9 Å². The van der Waals surface area contributed by atoms with Crippen LogP contribution in [0.2, 0.25) is 0 Å². The van der Waals surface area contributed by atoms with Crippen molar-refractivity contribution in [1.82, 2.24) is 10.2 Å². The van der Waals surface area contributed by atoms with Crippen molar-refractivity contribution in [1.29, 1.82) is 0 Å². The molecule has 27 heavy (non-hydrogen) atoms. The van der Waals surface area contributed by atoms with Crippen LogP contribution in [0.1, 0.15) is 37.1 Å². The minimum absolute atomic E-state index is 0.237. The van der Waals surface area contributed by atoms with E-state index in [1.54, 1.807) is 13.8 Å². The Bertz CT molecular complexity index is 906. The highest BCUT2D eigenvalue weighted by molar-refractivity contribution is 7.92. The number of benzene rings is 1. The van der Waals surface area contributed by atoms with E-state index in [1.165, 1.54) is 12.8 Å². The Hall–Kier alpha value is -2.22. The van der Waals surface area contributed by atoms with Crippen molar-refractivity contribution in [2.24, 2.45) is 0 Å². The molecule has 3 heterocycles. The van der Waals surface area contributed by atoms with Crippen LogP contribution in [-0.2, 0) is 10.0 Å².